The van der Waals surface area contributed by atoms with E-state index in [2.05, 4.69) is 0 Å². The lowest BCUT2D eigenvalue weighted by molar-refractivity contribution is -0.132. The predicted octanol–water partition coefficient (Wildman–Crippen LogP) is 3.29. The van der Waals surface area contributed by atoms with E-state index in [1.807, 2.05) is 0 Å². The predicted molar refractivity (Wildman–Crippen MR) is 106 cm³/mol. The van der Waals surface area contributed by atoms with Crippen LogP contribution < -0.4 is 9.47 Å². The standard InChI is InChI=1S/C23H14O9/c1-10(24)30-20-15(26)9-17-19(18(20)21(27)28)23(14-7-6-11(25)8-16(14)31-17)13-5-3-2-4-12(13)22(29)32-23/h2-9,25-26H,1H3,(H,27,28). The fraction of sp³-hybridized carbons (Fsp3) is 0.0870. The molecule has 1 unspecified atom stereocenters. The molecular formula is C23H14O9. The molecule has 0 saturated carbocycles. The first-order chi connectivity index (χ1) is 15.2. The number of fused-ring (bicyclic) bond motifs is 6. The van der Waals surface area contributed by atoms with Crippen molar-refractivity contribution in [2.24, 2.45) is 0 Å². The van der Waals surface area contributed by atoms with E-state index in [0.717, 1.165) is 13.0 Å². The van der Waals surface area contributed by atoms with Gasteiger partial charge in [-0.1, -0.05) is 18.2 Å². The zero-order chi connectivity index (χ0) is 22.8. The lowest BCUT2D eigenvalue weighted by Gasteiger charge is -2.37. The smallest absolute Gasteiger partial charge is 0.340 e. The largest absolute Gasteiger partial charge is 0.508 e. The number of phenols is 2. The second-order valence-electron chi connectivity index (χ2n) is 7.27. The van der Waals surface area contributed by atoms with Crippen molar-refractivity contribution in [2.45, 2.75) is 12.5 Å². The number of benzene rings is 3. The van der Waals surface area contributed by atoms with Gasteiger partial charge < -0.3 is 29.5 Å². The molecule has 2 aliphatic rings. The molecule has 2 heterocycles. The molecule has 9 heteroatoms. The number of hydrogen-bond donors (Lipinski definition) is 3. The third-order valence-corrected chi connectivity index (χ3v) is 5.37. The zero-order valence-corrected chi connectivity index (χ0v) is 16.4. The van der Waals surface area contributed by atoms with Crippen LogP contribution in [0.3, 0.4) is 0 Å². The normalized spacial score (nSPS) is 17.6. The Labute approximate surface area is 180 Å². The topological polar surface area (TPSA) is 140 Å². The van der Waals surface area contributed by atoms with Gasteiger partial charge in [-0.15, -0.1) is 0 Å². The van der Waals surface area contributed by atoms with Crippen LogP contribution in [0, 0.1) is 0 Å². The summed E-state index contributed by atoms with van der Waals surface area (Å²) < 4.78 is 16.7. The number of carbonyl (C=O) groups excluding carboxylic acids is 2. The van der Waals surface area contributed by atoms with Crippen LogP contribution in [0.1, 0.15) is 44.3 Å². The summed E-state index contributed by atoms with van der Waals surface area (Å²) in [5.74, 6) is -4.55. The molecule has 9 nitrogen and oxygen atoms in total. The van der Waals surface area contributed by atoms with Crippen LogP contribution in [-0.2, 0) is 15.1 Å². The molecule has 1 spiro atoms. The second kappa shape index (κ2) is 6.48. The molecule has 3 aromatic rings. The average Bonchev–Trinajstić information content (AvgIpc) is 3.01. The average molecular weight is 434 g/mol. The van der Waals surface area contributed by atoms with Gasteiger partial charge in [0.2, 0.25) is 0 Å². The Morgan fingerprint density at radius 2 is 1.75 bits per heavy atom. The van der Waals surface area contributed by atoms with Crippen LogP contribution in [0.2, 0.25) is 0 Å². The third-order valence-electron chi connectivity index (χ3n) is 5.37. The molecule has 1 atom stereocenters. The number of carboxylic acids is 1. The highest BCUT2D eigenvalue weighted by Gasteiger charge is 2.56. The number of aromatic carboxylic acids is 1. The maximum absolute atomic E-state index is 12.8. The quantitative estimate of drug-likeness (QED) is 0.409. The molecule has 2 aliphatic heterocycles. The Hall–Kier alpha value is -4.53. The summed E-state index contributed by atoms with van der Waals surface area (Å²) in [7, 11) is 0. The molecule has 160 valence electrons. The van der Waals surface area contributed by atoms with E-state index in [1.165, 1.54) is 24.3 Å². The fourth-order valence-corrected chi connectivity index (χ4v) is 4.25. The van der Waals surface area contributed by atoms with Crippen molar-refractivity contribution in [3.63, 3.8) is 0 Å². The molecule has 0 radical (unpaired) electrons. The number of hydrogen-bond acceptors (Lipinski definition) is 8. The summed E-state index contributed by atoms with van der Waals surface area (Å²) in [6.45, 7) is 1.06. The second-order valence-corrected chi connectivity index (χ2v) is 7.27. The number of ether oxygens (including phenoxy) is 3. The van der Waals surface area contributed by atoms with Gasteiger partial charge in [0.15, 0.2) is 17.1 Å². The van der Waals surface area contributed by atoms with Gasteiger partial charge in [0.05, 0.1) is 11.1 Å². The molecule has 0 aliphatic carbocycles. The first-order valence-electron chi connectivity index (χ1n) is 9.40. The number of rotatable bonds is 2. The van der Waals surface area contributed by atoms with Crippen LogP contribution in [0.5, 0.6) is 28.7 Å². The summed E-state index contributed by atoms with van der Waals surface area (Å²) in [5, 5.41) is 30.5. The zero-order valence-electron chi connectivity index (χ0n) is 16.4. The molecule has 0 fully saturated rings. The van der Waals surface area contributed by atoms with Gasteiger partial charge in [0, 0.05) is 30.2 Å². The molecule has 5 rings (SSSR count). The minimum absolute atomic E-state index is 0.0954. The Balaban J connectivity index is 1.96. The number of carbonyl (C=O) groups is 3. The summed E-state index contributed by atoms with van der Waals surface area (Å²) in [4.78, 5) is 36.9. The lowest BCUT2D eigenvalue weighted by Crippen LogP contribution is -2.35. The molecule has 0 aromatic heterocycles. The van der Waals surface area contributed by atoms with Gasteiger partial charge in [-0.2, -0.15) is 0 Å². The molecular weight excluding hydrogens is 420 g/mol. The van der Waals surface area contributed by atoms with E-state index in [0.29, 0.717) is 5.56 Å². The van der Waals surface area contributed by atoms with E-state index < -0.39 is 40.6 Å². The van der Waals surface area contributed by atoms with E-state index in [9.17, 15) is 29.7 Å². The molecule has 0 bridgehead atoms. The van der Waals surface area contributed by atoms with Gasteiger partial charge in [-0.25, -0.2) is 9.59 Å². The first-order valence-corrected chi connectivity index (χ1v) is 9.40. The van der Waals surface area contributed by atoms with Gasteiger partial charge >= 0.3 is 17.9 Å². The van der Waals surface area contributed by atoms with Crippen LogP contribution >= 0.6 is 0 Å². The van der Waals surface area contributed by atoms with Crippen molar-refractivity contribution in [2.75, 3.05) is 0 Å². The Morgan fingerprint density at radius 3 is 2.47 bits per heavy atom. The van der Waals surface area contributed by atoms with Crippen LogP contribution in [0.4, 0.5) is 0 Å². The van der Waals surface area contributed by atoms with Crippen LogP contribution in [0.25, 0.3) is 0 Å². The highest BCUT2D eigenvalue weighted by Crippen LogP contribution is 2.59. The molecule has 3 N–H and O–H groups in total. The van der Waals surface area contributed by atoms with Gasteiger partial charge in [0.25, 0.3) is 0 Å². The number of phenolic OH excluding ortho intramolecular Hbond substituents is 2. The minimum Gasteiger partial charge on any atom is -0.508 e. The van der Waals surface area contributed by atoms with Crippen LogP contribution in [-0.4, -0.2) is 33.2 Å². The van der Waals surface area contributed by atoms with E-state index in [-0.39, 0.29) is 33.9 Å². The van der Waals surface area contributed by atoms with Gasteiger partial charge in [-0.05, 0) is 18.2 Å². The van der Waals surface area contributed by atoms with Crippen molar-refractivity contribution in [3.05, 3.63) is 76.3 Å². The Morgan fingerprint density at radius 1 is 1.00 bits per heavy atom. The number of carboxylic acid groups (broad SMARTS) is 1. The minimum atomic E-state index is -1.79. The first kappa shape index (κ1) is 19.4. The number of aromatic hydroxyl groups is 2. The fourth-order valence-electron chi connectivity index (χ4n) is 4.25. The highest BCUT2D eigenvalue weighted by atomic mass is 16.6. The van der Waals surface area contributed by atoms with Crippen molar-refractivity contribution >= 4 is 17.9 Å². The van der Waals surface area contributed by atoms with E-state index in [4.69, 9.17) is 14.2 Å². The maximum Gasteiger partial charge on any atom is 0.340 e. The molecule has 0 amide bonds. The van der Waals surface area contributed by atoms with Gasteiger partial charge in [-0.3, -0.25) is 4.79 Å². The van der Waals surface area contributed by atoms with Crippen molar-refractivity contribution in [3.8, 4) is 28.7 Å². The Bertz CT molecular complexity index is 1360. The monoisotopic (exact) mass is 434 g/mol. The summed E-state index contributed by atoms with van der Waals surface area (Å²) in [5.41, 5.74) is -1.72. The van der Waals surface area contributed by atoms with Crippen molar-refractivity contribution in [1.29, 1.82) is 0 Å². The molecule has 0 saturated heterocycles. The molecule has 3 aromatic carbocycles. The maximum atomic E-state index is 12.8. The Kier molecular flexibility index (Phi) is 3.94. The van der Waals surface area contributed by atoms with Crippen molar-refractivity contribution < 1.29 is 43.9 Å². The summed E-state index contributed by atoms with van der Waals surface area (Å²) in [6, 6.07) is 11.6. The lowest BCUT2D eigenvalue weighted by atomic mass is 9.75. The SMILES string of the molecule is CC(=O)Oc1c(O)cc2c(c1C(=O)O)C1(OC(=O)c3ccccc31)c1ccc(O)cc1O2. The third kappa shape index (κ3) is 2.48. The number of esters is 2. The van der Waals surface area contributed by atoms with Crippen molar-refractivity contribution in [1.82, 2.24) is 0 Å². The summed E-state index contributed by atoms with van der Waals surface area (Å²) >= 11 is 0. The van der Waals surface area contributed by atoms with Gasteiger partial charge in [0.1, 0.15) is 22.8 Å². The van der Waals surface area contributed by atoms with Crippen LogP contribution in [0.15, 0.2) is 48.5 Å². The van der Waals surface area contributed by atoms with E-state index in [1.54, 1.807) is 18.2 Å². The molecule has 32 heavy (non-hydrogen) atoms. The highest BCUT2D eigenvalue weighted by molar-refractivity contribution is 6.01. The van der Waals surface area contributed by atoms with E-state index >= 15 is 0 Å². The summed E-state index contributed by atoms with van der Waals surface area (Å²) in [6.07, 6.45) is 0.